The number of pyridine rings is 1. The van der Waals surface area contributed by atoms with Crippen LogP contribution in [0.4, 0.5) is 13.2 Å². The zero-order chi connectivity index (χ0) is 16.0. The van der Waals surface area contributed by atoms with Crippen molar-refractivity contribution in [2.45, 2.75) is 12.6 Å². The molecule has 0 unspecified atom stereocenters. The maximum Gasteiger partial charge on any atom is 0.416 e. The summed E-state index contributed by atoms with van der Waals surface area (Å²) in [7, 11) is 0. The Morgan fingerprint density at radius 1 is 1.14 bits per heavy atom. The van der Waals surface area contributed by atoms with Crippen molar-refractivity contribution in [2.24, 2.45) is 10.9 Å². The molecule has 4 nitrogen and oxygen atoms in total. The fourth-order valence-electron chi connectivity index (χ4n) is 1.77. The van der Waals surface area contributed by atoms with Gasteiger partial charge in [-0.1, -0.05) is 12.1 Å². The lowest BCUT2D eigenvalue weighted by Gasteiger charge is -2.08. The van der Waals surface area contributed by atoms with Crippen LogP contribution in [-0.4, -0.2) is 17.8 Å². The second-order valence-electron chi connectivity index (χ2n) is 4.50. The minimum absolute atomic E-state index is 0.322. The molecule has 22 heavy (non-hydrogen) atoms. The summed E-state index contributed by atoms with van der Waals surface area (Å²) in [5.74, 6) is 5.45. The molecule has 0 saturated heterocycles. The lowest BCUT2D eigenvalue weighted by atomic mass is 10.1. The van der Waals surface area contributed by atoms with Crippen molar-refractivity contribution in [3.63, 3.8) is 0 Å². The molecule has 1 aromatic heterocycles. The number of benzene rings is 1. The van der Waals surface area contributed by atoms with Crippen LogP contribution in [0.25, 0.3) is 0 Å². The average Bonchev–Trinajstić information content (AvgIpc) is 2.49. The normalized spacial score (nSPS) is 11.8. The van der Waals surface area contributed by atoms with Crippen LogP contribution in [0, 0.1) is 0 Å². The van der Waals surface area contributed by atoms with Crippen molar-refractivity contribution in [3.8, 4) is 5.88 Å². The molecule has 0 radical (unpaired) electrons. The van der Waals surface area contributed by atoms with Crippen LogP contribution in [0.3, 0.4) is 0 Å². The highest BCUT2D eigenvalue weighted by molar-refractivity contribution is 5.78. The molecule has 0 atom stereocenters. The Balaban J connectivity index is 1.85. The first kappa shape index (κ1) is 15.8. The van der Waals surface area contributed by atoms with Crippen LogP contribution in [-0.2, 0) is 12.6 Å². The number of hydrazone groups is 1. The Hall–Kier alpha value is -2.57. The van der Waals surface area contributed by atoms with E-state index in [1.54, 1.807) is 18.3 Å². The summed E-state index contributed by atoms with van der Waals surface area (Å²) in [4.78, 5) is 4.06. The molecule has 0 aliphatic rings. The second-order valence-corrected chi connectivity index (χ2v) is 4.50. The third kappa shape index (κ3) is 4.47. The third-order valence-corrected chi connectivity index (χ3v) is 2.90. The highest BCUT2D eigenvalue weighted by Gasteiger charge is 2.29. The minimum Gasteiger partial charge on any atom is -0.477 e. The van der Waals surface area contributed by atoms with E-state index in [1.807, 2.05) is 0 Å². The first-order chi connectivity index (χ1) is 10.5. The first-order valence-electron chi connectivity index (χ1n) is 6.47. The van der Waals surface area contributed by atoms with Gasteiger partial charge in [-0.25, -0.2) is 4.98 Å². The molecule has 0 bridgehead atoms. The number of nitrogens with two attached hydrogens (primary N) is 1. The summed E-state index contributed by atoms with van der Waals surface area (Å²) >= 11 is 0. The van der Waals surface area contributed by atoms with E-state index in [2.05, 4.69) is 10.1 Å². The largest absolute Gasteiger partial charge is 0.477 e. The van der Waals surface area contributed by atoms with Crippen LogP contribution in [0.15, 0.2) is 47.7 Å². The van der Waals surface area contributed by atoms with Gasteiger partial charge in [-0.15, -0.1) is 0 Å². The van der Waals surface area contributed by atoms with E-state index in [1.165, 1.54) is 18.3 Å². The van der Waals surface area contributed by atoms with Crippen LogP contribution in [0.1, 0.15) is 16.7 Å². The van der Waals surface area contributed by atoms with Gasteiger partial charge in [0.05, 0.1) is 18.4 Å². The van der Waals surface area contributed by atoms with Gasteiger partial charge in [-0.05, 0) is 23.8 Å². The van der Waals surface area contributed by atoms with Crippen molar-refractivity contribution in [1.82, 2.24) is 4.98 Å². The molecule has 0 aliphatic carbocycles. The monoisotopic (exact) mass is 309 g/mol. The molecule has 1 heterocycles. The van der Waals surface area contributed by atoms with E-state index in [-0.39, 0.29) is 0 Å². The Kier molecular flexibility index (Phi) is 4.98. The molecule has 116 valence electrons. The van der Waals surface area contributed by atoms with E-state index >= 15 is 0 Å². The Morgan fingerprint density at radius 3 is 2.41 bits per heavy atom. The van der Waals surface area contributed by atoms with E-state index < -0.39 is 11.7 Å². The molecule has 2 N–H and O–H groups in total. The first-order valence-corrected chi connectivity index (χ1v) is 6.47. The van der Waals surface area contributed by atoms with Gasteiger partial charge in [0.25, 0.3) is 0 Å². The molecule has 2 rings (SSSR count). The quantitative estimate of drug-likeness (QED) is 0.525. The van der Waals surface area contributed by atoms with Gasteiger partial charge in [0.15, 0.2) is 0 Å². The smallest absolute Gasteiger partial charge is 0.416 e. The van der Waals surface area contributed by atoms with E-state index in [9.17, 15) is 13.2 Å². The lowest BCUT2D eigenvalue weighted by Crippen LogP contribution is -2.06. The van der Waals surface area contributed by atoms with Gasteiger partial charge in [0.2, 0.25) is 5.88 Å². The average molecular weight is 309 g/mol. The molecule has 0 amide bonds. The number of alkyl halides is 3. The standard InChI is InChI=1S/C15H14F3N3O/c16-15(17,18)13-4-1-11(2-5-13)7-8-22-14-6-3-12(9-20-14)10-21-19/h1-6,9-10H,7-8,19H2. The van der Waals surface area contributed by atoms with E-state index in [4.69, 9.17) is 10.6 Å². The fraction of sp³-hybridized carbons (Fsp3) is 0.200. The number of rotatable bonds is 5. The number of halogens is 3. The van der Waals surface area contributed by atoms with Crippen LogP contribution >= 0.6 is 0 Å². The van der Waals surface area contributed by atoms with Crippen LogP contribution < -0.4 is 10.6 Å². The zero-order valence-electron chi connectivity index (χ0n) is 11.5. The number of hydrogen-bond acceptors (Lipinski definition) is 4. The highest BCUT2D eigenvalue weighted by atomic mass is 19.4. The fourth-order valence-corrected chi connectivity index (χ4v) is 1.77. The molecule has 0 saturated carbocycles. The van der Waals surface area contributed by atoms with Crippen LogP contribution in [0.2, 0.25) is 0 Å². The summed E-state index contributed by atoms with van der Waals surface area (Å²) in [5.41, 5.74) is 0.855. The van der Waals surface area contributed by atoms with Gasteiger partial charge in [-0.2, -0.15) is 18.3 Å². The topological polar surface area (TPSA) is 60.5 Å². The number of hydrogen-bond donors (Lipinski definition) is 1. The van der Waals surface area contributed by atoms with E-state index in [0.29, 0.717) is 18.9 Å². The maximum atomic E-state index is 12.4. The highest BCUT2D eigenvalue weighted by Crippen LogP contribution is 2.29. The summed E-state index contributed by atoms with van der Waals surface area (Å²) in [6, 6.07) is 8.44. The second kappa shape index (κ2) is 6.93. The van der Waals surface area contributed by atoms with Gasteiger partial charge < -0.3 is 10.6 Å². The SMILES string of the molecule is NN=Cc1ccc(OCCc2ccc(C(F)(F)F)cc2)nc1. The van der Waals surface area contributed by atoms with Crippen LogP contribution in [0.5, 0.6) is 5.88 Å². The molecule has 0 fully saturated rings. The molecular weight excluding hydrogens is 295 g/mol. The predicted octanol–water partition coefficient (Wildman–Crippen LogP) is 3.01. The zero-order valence-corrected chi connectivity index (χ0v) is 11.5. The molecular formula is C15H14F3N3O. The van der Waals surface area contributed by atoms with Crippen molar-refractivity contribution in [3.05, 3.63) is 59.3 Å². The van der Waals surface area contributed by atoms with Crippen molar-refractivity contribution < 1.29 is 17.9 Å². The van der Waals surface area contributed by atoms with Crippen molar-refractivity contribution >= 4 is 6.21 Å². The van der Waals surface area contributed by atoms with Gasteiger partial charge in [0, 0.05) is 24.2 Å². The van der Waals surface area contributed by atoms with Gasteiger partial charge in [-0.3, -0.25) is 0 Å². The Morgan fingerprint density at radius 2 is 1.86 bits per heavy atom. The molecule has 0 aliphatic heterocycles. The van der Waals surface area contributed by atoms with Gasteiger partial charge in [0.1, 0.15) is 0 Å². The maximum absolute atomic E-state index is 12.4. The Bertz CT molecular complexity index is 622. The number of nitrogens with zero attached hydrogens (tertiary/aromatic N) is 2. The molecule has 2 aromatic rings. The predicted molar refractivity (Wildman–Crippen MR) is 76.7 cm³/mol. The molecule has 7 heteroatoms. The third-order valence-electron chi connectivity index (χ3n) is 2.90. The summed E-state index contributed by atoms with van der Waals surface area (Å²) in [6.45, 7) is 0.322. The number of ether oxygens (including phenoxy) is 1. The Labute approximate surface area is 125 Å². The van der Waals surface area contributed by atoms with Crippen molar-refractivity contribution in [2.75, 3.05) is 6.61 Å². The number of aromatic nitrogens is 1. The lowest BCUT2D eigenvalue weighted by molar-refractivity contribution is -0.137. The van der Waals surface area contributed by atoms with E-state index in [0.717, 1.165) is 23.3 Å². The molecule has 1 aromatic carbocycles. The van der Waals surface area contributed by atoms with Gasteiger partial charge >= 0.3 is 6.18 Å². The minimum atomic E-state index is -4.31. The van der Waals surface area contributed by atoms with Crippen molar-refractivity contribution in [1.29, 1.82) is 0 Å². The summed E-state index contributed by atoms with van der Waals surface area (Å²) in [6.07, 6.45) is -0.803. The summed E-state index contributed by atoms with van der Waals surface area (Å²) < 4.78 is 42.7. The molecule has 0 spiro atoms. The summed E-state index contributed by atoms with van der Waals surface area (Å²) in [5, 5.41) is 3.38.